The van der Waals surface area contributed by atoms with Crippen molar-refractivity contribution in [2.75, 3.05) is 4.90 Å². The molecular formula is C24H19F5N4O3. The molecule has 3 fully saturated rings. The molecule has 1 saturated carbocycles. The van der Waals surface area contributed by atoms with Crippen LogP contribution in [0, 0.1) is 17.6 Å². The summed E-state index contributed by atoms with van der Waals surface area (Å²) in [6.07, 6.45) is -2.66. The summed E-state index contributed by atoms with van der Waals surface area (Å²) < 4.78 is 79.9. The van der Waals surface area contributed by atoms with Gasteiger partial charge in [0.1, 0.15) is 18.1 Å². The van der Waals surface area contributed by atoms with Gasteiger partial charge >= 0.3 is 11.9 Å². The summed E-state index contributed by atoms with van der Waals surface area (Å²) in [6, 6.07) is 6.61. The fraction of sp³-hybridized carbons (Fsp3) is 0.375. The maximum absolute atomic E-state index is 14.6. The molecule has 4 aliphatic rings. The minimum Gasteiger partial charge on any atom is -0.473 e. The van der Waals surface area contributed by atoms with Gasteiger partial charge in [-0.1, -0.05) is 6.07 Å². The average Bonchev–Trinajstić information content (AvgIpc) is 3.37. The Morgan fingerprint density at radius 1 is 1.08 bits per heavy atom. The number of ether oxygens (including phenoxy) is 2. The van der Waals surface area contributed by atoms with Crippen LogP contribution in [-0.2, 0) is 19.3 Å². The van der Waals surface area contributed by atoms with E-state index in [1.165, 1.54) is 0 Å². The number of aromatic nitrogens is 3. The van der Waals surface area contributed by atoms with Gasteiger partial charge in [0.2, 0.25) is 17.5 Å². The van der Waals surface area contributed by atoms with Crippen molar-refractivity contribution in [3.8, 4) is 17.5 Å². The number of hydrogen-bond donors (Lipinski definition) is 0. The third-order valence-corrected chi connectivity index (χ3v) is 7.22. The molecular weight excluding hydrogens is 487 g/mol. The van der Waals surface area contributed by atoms with Crippen LogP contribution in [-0.4, -0.2) is 26.1 Å². The Balaban J connectivity index is 1.20. The SMILES string of the molecule is CC1C2CC3(C2)Cn2c(cc(OCc4cc(F)c(Oc5cccc(C(F)(F)F)n5)c(F)c4)nc2=O)N13. The number of nitrogens with zero attached hydrogens (tertiary/aromatic N) is 4. The van der Waals surface area contributed by atoms with Crippen LogP contribution in [0.4, 0.5) is 27.8 Å². The zero-order valence-corrected chi connectivity index (χ0v) is 18.9. The van der Waals surface area contributed by atoms with Crippen molar-refractivity contribution < 1.29 is 31.4 Å². The Morgan fingerprint density at radius 2 is 1.81 bits per heavy atom. The van der Waals surface area contributed by atoms with Gasteiger partial charge in [-0.2, -0.15) is 18.2 Å². The molecule has 3 aliphatic heterocycles. The molecule has 1 aromatic carbocycles. The van der Waals surface area contributed by atoms with Gasteiger partial charge in [-0.25, -0.2) is 18.6 Å². The predicted octanol–water partition coefficient (Wildman–Crippen LogP) is 4.68. The molecule has 0 N–H and O–H groups in total. The maximum Gasteiger partial charge on any atom is 0.433 e. The third-order valence-electron chi connectivity index (χ3n) is 7.22. The molecule has 1 unspecified atom stereocenters. The van der Waals surface area contributed by atoms with Crippen molar-refractivity contribution in [3.05, 3.63) is 69.8 Å². The van der Waals surface area contributed by atoms with Gasteiger partial charge in [-0.15, -0.1) is 0 Å². The van der Waals surface area contributed by atoms with Crippen LogP contribution in [0.3, 0.4) is 0 Å². The van der Waals surface area contributed by atoms with Crippen LogP contribution in [0.2, 0.25) is 0 Å². The highest BCUT2D eigenvalue weighted by Crippen LogP contribution is 2.59. The summed E-state index contributed by atoms with van der Waals surface area (Å²) in [5.74, 6) is -2.44. The quantitative estimate of drug-likeness (QED) is 0.469. The van der Waals surface area contributed by atoms with Gasteiger partial charge < -0.3 is 14.4 Å². The Kier molecular flexibility index (Phi) is 4.83. The van der Waals surface area contributed by atoms with Crippen LogP contribution < -0.4 is 20.1 Å². The predicted molar refractivity (Wildman–Crippen MR) is 116 cm³/mol. The van der Waals surface area contributed by atoms with E-state index in [2.05, 4.69) is 21.8 Å². The second kappa shape index (κ2) is 7.65. The van der Waals surface area contributed by atoms with Crippen molar-refractivity contribution in [2.45, 2.75) is 50.7 Å². The second-order valence-electron chi connectivity index (χ2n) is 9.46. The normalized spacial score (nSPS) is 23.8. The Hall–Kier alpha value is -3.70. The highest BCUT2D eigenvalue weighted by Gasteiger charge is 2.63. The molecule has 2 bridgehead atoms. The highest BCUT2D eigenvalue weighted by molar-refractivity contribution is 5.55. The molecule has 0 radical (unpaired) electrons. The fourth-order valence-electron chi connectivity index (χ4n) is 5.63. The zero-order valence-electron chi connectivity index (χ0n) is 18.9. The van der Waals surface area contributed by atoms with Crippen molar-refractivity contribution in [1.29, 1.82) is 0 Å². The van der Waals surface area contributed by atoms with Gasteiger partial charge in [-0.3, -0.25) is 4.57 Å². The summed E-state index contributed by atoms with van der Waals surface area (Å²) in [4.78, 5) is 22.0. The van der Waals surface area contributed by atoms with E-state index < -0.39 is 40.8 Å². The monoisotopic (exact) mass is 506 g/mol. The molecule has 2 saturated heterocycles. The molecule has 7 nitrogen and oxygen atoms in total. The largest absolute Gasteiger partial charge is 0.473 e. The summed E-state index contributed by atoms with van der Waals surface area (Å²) in [7, 11) is 0. The number of pyridine rings is 1. The minimum absolute atomic E-state index is 0.0346. The van der Waals surface area contributed by atoms with Gasteiger partial charge in [-0.05, 0) is 49.4 Å². The van der Waals surface area contributed by atoms with E-state index in [0.717, 1.165) is 42.9 Å². The lowest BCUT2D eigenvalue weighted by atomic mass is 9.72. The van der Waals surface area contributed by atoms with Crippen molar-refractivity contribution in [3.63, 3.8) is 0 Å². The number of rotatable bonds is 5. The number of fused-ring (bicyclic) bond motifs is 1. The first-order valence-corrected chi connectivity index (χ1v) is 11.3. The number of alkyl halides is 3. The summed E-state index contributed by atoms with van der Waals surface area (Å²) in [5, 5.41) is 0. The standard InChI is InChI=1S/C24H19F5N4O3/c1-12-14-8-23(9-14)11-32-20(33(12)23)7-19(31-22(32)34)35-10-13-5-15(25)21(16(26)6-13)36-18-4-2-3-17(30-18)24(27,28)29/h2-7,12,14H,8-11H2,1H3. The number of halogens is 5. The molecule has 0 amide bonds. The second-order valence-corrected chi connectivity index (χ2v) is 9.46. The Bertz CT molecular complexity index is 1410. The van der Waals surface area contributed by atoms with Crippen LogP contribution in [0.15, 0.2) is 41.2 Å². The first-order valence-electron chi connectivity index (χ1n) is 11.3. The number of anilines is 1. The molecule has 1 atom stereocenters. The van der Waals surface area contributed by atoms with Gasteiger partial charge in [0, 0.05) is 18.2 Å². The molecule has 7 rings (SSSR count). The molecule has 1 aliphatic carbocycles. The first-order chi connectivity index (χ1) is 17.0. The third kappa shape index (κ3) is 3.49. The van der Waals surface area contributed by atoms with Gasteiger partial charge in [0.05, 0.1) is 12.1 Å². The molecule has 2 aromatic heterocycles. The van der Waals surface area contributed by atoms with E-state index in [-0.39, 0.29) is 23.6 Å². The number of benzene rings is 1. The Morgan fingerprint density at radius 3 is 2.50 bits per heavy atom. The molecule has 188 valence electrons. The topological polar surface area (TPSA) is 69.5 Å². The lowest BCUT2D eigenvalue weighted by Gasteiger charge is -2.36. The minimum atomic E-state index is -4.74. The zero-order chi connectivity index (χ0) is 25.4. The highest BCUT2D eigenvalue weighted by atomic mass is 19.4. The smallest absolute Gasteiger partial charge is 0.433 e. The van der Waals surface area contributed by atoms with Crippen molar-refractivity contribution in [1.82, 2.24) is 14.5 Å². The van der Waals surface area contributed by atoms with Crippen LogP contribution >= 0.6 is 0 Å². The van der Waals surface area contributed by atoms with Crippen LogP contribution in [0.25, 0.3) is 0 Å². The van der Waals surface area contributed by atoms with Crippen molar-refractivity contribution >= 4 is 5.82 Å². The van der Waals surface area contributed by atoms with E-state index in [9.17, 15) is 26.7 Å². The van der Waals surface area contributed by atoms with E-state index in [4.69, 9.17) is 9.47 Å². The average molecular weight is 506 g/mol. The van der Waals surface area contributed by atoms with E-state index >= 15 is 0 Å². The van der Waals surface area contributed by atoms with Gasteiger partial charge in [0.25, 0.3) is 0 Å². The molecule has 1 spiro atoms. The summed E-state index contributed by atoms with van der Waals surface area (Å²) >= 11 is 0. The van der Waals surface area contributed by atoms with Crippen molar-refractivity contribution in [2.24, 2.45) is 5.92 Å². The molecule has 5 heterocycles. The lowest BCUT2D eigenvalue weighted by Crippen LogP contribution is -2.45. The number of hydrogen-bond acceptors (Lipinski definition) is 6. The maximum atomic E-state index is 14.6. The van der Waals surface area contributed by atoms with Gasteiger partial charge in [0.15, 0.2) is 11.6 Å². The van der Waals surface area contributed by atoms with E-state index in [0.29, 0.717) is 24.6 Å². The van der Waals surface area contributed by atoms with E-state index in [1.54, 1.807) is 10.6 Å². The summed E-state index contributed by atoms with van der Waals surface area (Å²) in [5.41, 5.74) is -1.66. The Labute approximate surface area is 201 Å². The molecule has 36 heavy (non-hydrogen) atoms. The van der Waals surface area contributed by atoms with E-state index in [1.807, 2.05) is 0 Å². The van der Waals surface area contributed by atoms with Crippen LogP contribution in [0.5, 0.6) is 17.5 Å². The van der Waals surface area contributed by atoms with Crippen LogP contribution in [0.1, 0.15) is 31.0 Å². The summed E-state index contributed by atoms with van der Waals surface area (Å²) in [6.45, 7) is 2.42. The molecule has 3 aromatic rings. The fourth-order valence-corrected chi connectivity index (χ4v) is 5.63. The molecule has 12 heteroatoms. The lowest BCUT2D eigenvalue weighted by molar-refractivity contribution is -0.141. The first kappa shape index (κ1) is 22.7.